The number of rotatable bonds is 2. The second-order valence-corrected chi connectivity index (χ2v) is 4.34. The van der Waals surface area contributed by atoms with E-state index >= 15 is 0 Å². The third kappa shape index (κ3) is 1.57. The van der Waals surface area contributed by atoms with Crippen LogP contribution in [0.4, 0.5) is 0 Å². The predicted octanol–water partition coefficient (Wildman–Crippen LogP) is 0.949. The van der Waals surface area contributed by atoms with E-state index in [-0.39, 0.29) is 24.0 Å². The fourth-order valence-corrected chi connectivity index (χ4v) is 2.83. The molecule has 0 unspecified atom stereocenters. The molecule has 2 saturated heterocycles. The van der Waals surface area contributed by atoms with Gasteiger partial charge in [0, 0.05) is 11.9 Å². The van der Waals surface area contributed by atoms with Crippen molar-refractivity contribution in [3.63, 3.8) is 0 Å². The molecule has 5 heteroatoms. The van der Waals surface area contributed by atoms with Crippen LogP contribution in [0.15, 0.2) is 0 Å². The van der Waals surface area contributed by atoms with E-state index in [1.54, 1.807) is 0 Å². The van der Waals surface area contributed by atoms with Gasteiger partial charge in [-0.15, -0.1) is 0 Å². The monoisotopic (exact) mass is 263 g/mol. The highest BCUT2D eigenvalue weighted by Gasteiger charge is 2.49. The minimum atomic E-state index is -0.149. The summed E-state index contributed by atoms with van der Waals surface area (Å²) in [6.45, 7) is 0.932. The van der Waals surface area contributed by atoms with Gasteiger partial charge >= 0.3 is 5.97 Å². The fraction of sp³-hybridized carbons (Fsp3) is 0.889. The molecule has 0 saturated carbocycles. The van der Waals surface area contributed by atoms with Crippen LogP contribution in [0.2, 0.25) is 0 Å². The zero-order valence-corrected chi connectivity index (χ0v) is 9.70. The molecule has 2 fully saturated rings. The summed E-state index contributed by atoms with van der Waals surface area (Å²) < 4.78 is 4.81. The minimum absolute atomic E-state index is 0.0623. The zero-order valence-electron chi connectivity index (χ0n) is 8.11. The van der Waals surface area contributed by atoms with Crippen LogP contribution in [0.3, 0.4) is 0 Å². The first kappa shape index (κ1) is 10.4. The van der Waals surface area contributed by atoms with Crippen LogP contribution in [0.1, 0.15) is 12.8 Å². The fourth-order valence-electron chi connectivity index (χ4n) is 2.31. The molecule has 2 rings (SSSR count). The molecule has 0 spiro atoms. The first-order valence-electron chi connectivity index (χ1n) is 4.85. The van der Waals surface area contributed by atoms with Crippen LogP contribution in [0, 0.1) is 5.92 Å². The molecule has 0 aromatic carbocycles. The van der Waals surface area contributed by atoms with Gasteiger partial charge in [-0.05, 0) is 12.8 Å². The quantitative estimate of drug-likeness (QED) is 0.550. The molecule has 4 nitrogen and oxygen atoms in total. The standard InChI is InChI=1S/C9H14BrNO3/c1-13-9(12)8-6-3-2-4-11(6)14-7(8)5-10/h6-8H,2-5H2,1H3/t6-,7+,8-/m1/s1. The number of hydrogen-bond acceptors (Lipinski definition) is 4. The van der Waals surface area contributed by atoms with Crippen LogP contribution in [0.25, 0.3) is 0 Å². The van der Waals surface area contributed by atoms with Gasteiger partial charge in [0.1, 0.15) is 12.0 Å². The molecule has 0 aliphatic carbocycles. The average Bonchev–Trinajstić information content (AvgIpc) is 2.74. The van der Waals surface area contributed by atoms with Crippen molar-refractivity contribution in [1.29, 1.82) is 0 Å². The Balaban J connectivity index is 2.13. The summed E-state index contributed by atoms with van der Waals surface area (Å²) in [5.74, 6) is -0.272. The first-order valence-corrected chi connectivity index (χ1v) is 5.97. The molecular weight excluding hydrogens is 250 g/mol. The highest BCUT2D eigenvalue weighted by molar-refractivity contribution is 9.09. The second kappa shape index (κ2) is 4.16. The number of hydroxylamine groups is 2. The Kier molecular flexibility index (Phi) is 3.09. The molecule has 14 heavy (non-hydrogen) atoms. The van der Waals surface area contributed by atoms with Crippen molar-refractivity contribution >= 4 is 21.9 Å². The lowest BCUT2D eigenvalue weighted by Gasteiger charge is -2.16. The van der Waals surface area contributed by atoms with Crippen LogP contribution in [-0.4, -0.2) is 42.2 Å². The first-order chi connectivity index (χ1) is 6.77. The highest BCUT2D eigenvalue weighted by atomic mass is 79.9. The van der Waals surface area contributed by atoms with Gasteiger partial charge in [0.25, 0.3) is 0 Å². The molecule has 2 heterocycles. The SMILES string of the molecule is COC(=O)[C@H]1[C@H](CBr)ON2CCC[C@H]12. The summed E-state index contributed by atoms with van der Waals surface area (Å²) in [6, 6.07) is 0.227. The van der Waals surface area contributed by atoms with E-state index in [1.807, 2.05) is 5.06 Å². The summed E-state index contributed by atoms with van der Waals surface area (Å²) in [4.78, 5) is 17.2. The van der Waals surface area contributed by atoms with E-state index in [2.05, 4.69) is 15.9 Å². The second-order valence-electron chi connectivity index (χ2n) is 3.70. The Hall–Kier alpha value is -0.130. The molecule has 0 radical (unpaired) electrons. The zero-order chi connectivity index (χ0) is 10.1. The van der Waals surface area contributed by atoms with E-state index in [9.17, 15) is 4.79 Å². The molecule has 0 bridgehead atoms. The van der Waals surface area contributed by atoms with Crippen molar-refractivity contribution in [1.82, 2.24) is 5.06 Å². The van der Waals surface area contributed by atoms with Gasteiger partial charge in [0.15, 0.2) is 0 Å². The molecule has 0 N–H and O–H groups in total. The molecule has 3 atom stereocenters. The third-order valence-electron chi connectivity index (χ3n) is 2.96. The van der Waals surface area contributed by atoms with E-state index in [0.29, 0.717) is 5.33 Å². The lowest BCUT2D eigenvalue weighted by molar-refractivity contribution is -0.150. The molecular formula is C9H14BrNO3. The predicted molar refractivity (Wildman–Crippen MR) is 53.9 cm³/mol. The number of fused-ring (bicyclic) bond motifs is 1. The van der Waals surface area contributed by atoms with Crippen LogP contribution < -0.4 is 0 Å². The lowest BCUT2D eigenvalue weighted by Crippen LogP contribution is -2.34. The minimum Gasteiger partial charge on any atom is -0.469 e. The largest absolute Gasteiger partial charge is 0.469 e. The summed E-state index contributed by atoms with van der Waals surface area (Å²) in [5.41, 5.74) is 0. The normalized spacial score (nSPS) is 37.1. The Labute approximate surface area is 91.6 Å². The van der Waals surface area contributed by atoms with Gasteiger partial charge in [0.2, 0.25) is 0 Å². The van der Waals surface area contributed by atoms with Gasteiger partial charge in [-0.3, -0.25) is 9.63 Å². The number of alkyl halides is 1. The van der Waals surface area contributed by atoms with Crippen LogP contribution in [-0.2, 0) is 14.4 Å². The van der Waals surface area contributed by atoms with Crippen molar-refractivity contribution in [3.05, 3.63) is 0 Å². The molecule has 2 aliphatic rings. The van der Waals surface area contributed by atoms with Crippen molar-refractivity contribution in [2.24, 2.45) is 5.92 Å². The maximum atomic E-state index is 11.6. The van der Waals surface area contributed by atoms with Crippen molar-refractivity contribution in [3.8, 4) is 0 Å². The van der Waals surface area contributed by atoms with Gasteiger partial charge in [-0.1, -0.05) is 15.9 Å². The number of carbonyl (C=O) groups excluding carboxylic acids is 1. The lowest BCUT2D eigenvalue weighted by atomic mass is 9.94. The van der Waals surface area contributed by atoms with E-state index < -0.39 is 0 Å². The number of methoxy groups -OCH3 is 1. The van der Waals surface area contributed by atoms with Gasteiger partial charge < -0.3 is 4.74 Å². The molecule has 0 aromatic heterocycles. The number of halogens is 1. The van der Waals surface area contributed by atoms with Crippen molar-refractivity contribution in [2.75, 3.05) is 19.0 Å². The summed E-state index contributed by atoms with van der Waals surface area (Å²) >= 11 is 3.36. The Morgan fingerprint density at radius 2 is 2.50 bits per heavy atom. The maximum Gasteiger partial charge on any atom is 0.313 e. The topological polar surface area (TPSA) is 38.8 Å². The highest BCUT2D eigenvalue weighted by Crippen LogP contribution is 2.36. The summed E-state index contributed by atoms with van der Waals surface area (Å²) in [5, 5.41) is 2.62. The van der Waals surface area contributed by atoms with E-state index in [1.165, 1.54) is 7.11 Å². The van der Waals surface area contributed by atoms with Crippen LogP contribution >= 0.6 is 15.9 Å². The van der Waals surface area contributed by atoms with E-state index in [4.69, 9.17) is 9.57 Å². The number of hydrogen-bond donors (Lipinski definition) is 0. The number of esters is 1. The van der Waals surface area contributed by atoms with Gasteiger partial charge in [0.05, 0.1) is 13.2 Å². The van der Waals surface area contributed by atoms with Crippen molar-refractivity contribution in [2.45, 2.75) is 25.0 Å². The molecule has 80 valence electrons. The average molecular weight is 264 g/mol. The Bertz CT molecular complexity index is 236. The smallest absolute Gasteiger partial charge is 0.313 e. The Morgan fingerprint density at radius 3 is 3.14 bits per heavy atom. The van der Waals surface area contributed by atoms with E-state index in [0.717, 1.165) is 19.4 Å². The Morgan fingerprint density at radius 1 is 1.71 bits per heavy atom. The maximum absolute atomic E-state index is 11.6. The van der Waals surface area contributed by atoms with Gasteiger partial charge in [-0.2, -0.15) is 5.06 Å². The number of nitrogens with zero attached hydrogens (tertiary/aromatic N) is 1. The summed E-state index contributed by atoms with van der Waals surface area (Å²) in [7, 11) is 1.44. The summed E-state index contributed by atoms with van der Waals surface area (Å²) in [6.07, 6.45) is 2.07. The van der Waals surface area contributed by atoms with Gasteiger partial charge in [-0.25, -0.2) is 0 Å². The molecule has 0 amide bonds. The molecule has 0 aromatic rings. The third-order valence-corrected chi connectivity index (χ3v) is 3.60. The molecule has 2 aliphatic heterocycles. The number of ether oxygens (including phenoxy) is 1. The van der Waals surface area contributed by atoms with Crippen LogP contribution in [0.5, 0.6) is 0 Å². The van der Waals surface area contributed by atoms with Crippen molar-refractivity contribution < 1.29 is 14.4 Å². The number of carbonyl (C=O) groups is 1.